The first-order valence-electron chi connectivity index (χ1n) is 4.32. The number of hydrogen-bond donors (Lipinski definition) is 0. The Morgan fingerprint density at radius 1 is 0.938 bits per heavy atom. The van der Waals surface area contributed by atoms with Crippen molar-refractivity contribution in [2.45, 2.75) is 0 Å². The summed E-state index contributed by atoms with van der Waals surface area (Å²) in [6.07, 6.45) is 0. The highest BCUT2D eigenvalue weighted by Crippen LogP contribution is 1.91. The molecule has 0 atom stereocenters. The molecule has 0 aliphatic carbocycles. The van der Waals surface area contributed by atoms with E-state index in [0.717, 1.165) is 14.2 Å². The molecule has 0 aromatic rings. The van der Waals surface area contributed by atoms with Gasteiger partial charge in [0.25, 0.3) is 0 Å². The standard InChI is InChI=1S/C6H14N3O7/c1-7(10)14-5-6-15-8(11)3-4-16-9(12)13-2/h3-6H2,1-2H3/q-3. The van der Waals surface area contributed by atoms with Gasteiger partial charge in [-0.25, -0.2) is 0 Å². The summed E-state index contributed by atoms with van der Waals surface area (Å²) in [5.41, 5.74) is 0. The van der Waals surface area contributed by atoms with Crippen molar-refractivity contribution < 1.29 is 19.4 Å². The van der Waals surface area contributed by atoms with Gasteiger partial charge < -0.3 is 25.3 Å². The third-order valence-corrected chi connectivity index (χ3v) is 1.21. The third kappa shape index (κ3) is 10.1. The largest absolute Gasteiger partial charge is 0.762 e. The molecule has 0 rings (SSSR count). The number of rotatable bonds is 10. The van der Waals surface area contributed by atoms with Gasteiger partial charge in [0.15, 0.2) is 0 Å². The predicted molar refractivity (Wildman–Crippen MR) is 51.3 cm³/mol. The highest BCUT2D eigenvalue weighted by atomic mass is 17.1. The van der Waals surface area contributed by atoms with Crippen molar-refractivity contribution >= 4 is 0 Å². The molecular weight excluding hydrogens is 226 g/mol. The molecule has 0 aromatic carbocycles. The van der Waals surface area contributed by atoms with Gasteiger partial charge in [0.1, 0.15) is 0 Å². The fourth-order valence-corrected chi connectivity index (χ4v) is 0.612. The molecule has 0 aliphatic heterocycles. The first-order valence-corrected chi connectivity index (χ1v) is 4.32. The quantitative estimate of drug-likeness (QED) is 0.361. The Kier molecular flexibility index (Phi) is 9.55. The average Bonchev–Trinajstić information content (AvgIpc) is 2.24. The molecule has 0 saturated heterocycles. The molecule has 0 saturated carbocycles. The zero-order valence-electron chi connectivity index (χ0n) is 9.03. The molecular formula is C6H14N3O7-3. The van der Waals surface area contributed by atoms with Gasteiger partial charge in [-0.15, -0.1) is 5.39 Å². The van der Waals surface area contributed by atoms with Crippen molar-refractivity contribution in [3.8, 4) is 0 Å². The first kappa shape index (κ1) is 15.6. The number of nitrogens with zero attached hydrogens (tertiary/aromatic N) is 3. The van der Waals surface area contributed by atoms with Crippen LogP contribution in [0.4, 0.5) is 0 Å². The van der Waals surface area contributed by atoms with Crippen LogP contribution >= 0.6 is 0 Å². The Hall–Kier alpha value is -0.400. The molecule has 0 N–H and O–H groups in total. The van der Waals surface area contributed by atoms with Gasteiger partial charge >= 0.3 is 0 Å². The Morgan fingerprint density at radius 3 is 2.12 bits per heavy atom. The molecule has 10 heteroatoms. The summed E-state index contributed by atoms with van der Waals surface area (Å²) in [5, 5.41) is 31.8. The second kappa shape index (κ2) is 9.80. The summed E-state index contributed by atoms with van der Waals surface area (Å²) in [6.45, 7) is -0.509. The Balaban J connectivity index is 3.27. The molecule has 0 unspecified atom stereocenters. The van der Waals surface area contributed by atoms with E-state index in [-0.39, 0.29) is 42.2 Å². The molecule has 0 heterocycles. The van der Waals surface area contributed by atoms with E-state index in [1.54, 1.807) is 0 Å². The van der Waals surface area contributed by atoms with E-state index in [1.807, 2.05) is 0 Å². The molecule has 0 spiro atoms. The van der Waals surface area contributed by atoms with Gasteiger partial charge in [-0.05, 0) is 7.05 Å². The molecule has 16 heavy (non-hydrogen) atoms. The summed E-state index contributed by atoms with van der Waals surface area (Å²) in [4.78, 5) is 17.4. The maximum absolute atomic E-state index is 10.9. The Bertz CT molecular complexity index is 161. The molecule has 0 amide bonds. The lowest BCUT2D eigenvalue weighted by Crippen LogP contribution is -2.27. The molecule has 0 bridgehead atoms. The van der Waals surface area contributed by atoms with Crippen molar-refractivity contribution in [3.63, 3.8) is 0 Å². The smallest absolute Gasteiger partial charge is 0.0926 e. The van der Waals surface area contributed by atoms with Crippen LogP contribution in [0.15, 0.2) is 0 Å². The average molecular weight is 240 g/mol. The van der Waals surface area contributed by atoms with Crippen LogP contribution in [0.5, 0.6) is 0 Å². The summed E-state index contributed by atoms with van der Waals surface area (Å²) in [7, 11) is 2.28. The summed E-state index contributed by atoms with van der Waals surface area (Å²) >= 11 is 0. The zero-order valence-corrected chi connectivity index (χ0v) is 9.03. The van der Waals surface area contributed by atoms with E-state index in [1.165, 1.54) is 0 Å². The lowest BCUT2D eigenvalue weighted by atomic mass is 10.7. The van der Waals surface area contributed by atoms with Crippen LogP contribution < -0.4 is 0 Å². The lowest BCUT2D eigenvalue weighted by Gasteiger charge is -2.29. The predicted octanol–water partition coefficient (Wildman–Crippen LogP) is -0.628. The van der Waals surface area contributed by atoms with Gasteiger partial charge in [-0.3, -0.25) is 20.1 Å². The second-order valence-electron chi connectivity index (χ2n) is 2.40. The van der Waals surface area contributed by atoms with Crippen molar-refractivity contribution in [1.82, 2.24) is 15.8 Å². The van der Waals surface area contributed by atoms with Gasteiger partial charge in [0.2, 0.25) is 0 Å². The highest BCUT2D eigenvalue weighted by Gasteiger charge is 1.95. The van der Waals surface area contributed by atoms with Crippen LogP contribution in [0.3, 0.4) is 0 Å². The zero-order chi connectivity index (χ0) is 12.4. The first-order chi connectivity index (χ1) is 7.56. The van der Waals surface area contributed by atoms with Crippen molar-refractivity contribution in [2.24, 2.45) is 0 Å². The normalized spacial score (nSPS) is 12.0. The van der Waals surface area contributed by atoms with E-state index in [4.69, 9.17) is 0 Å². The molecule has 0 aromatic heterocycles. The Morgan fingerprint density at radius 2 is 1.56 bits per heavy atom. The van der Waals surface area contributed by atoms with Crippen LogP contribution in [0.2, 0.25) is 0 Å². The van der Waals surface area contributed by atoms with Crippen LogP contribution in [0.1, 0.15) is 0 Å². The van der Waals surface area contributed by atoms with Crippen molar-refractivity contribution in [3.05, 3.63) is 15.6 Å². The Labute approximate surface area is 92.4 Å². The van der Waals surface area contributed by atoms with Crippen molar-refractivity contribution in [2.75, 3.05) is 40.5 Å². The topological polar surface area (TPSA) is 116 Å². The second-order valence-corrected chi connectivity index (χ2v) is 2.40. The fraction of sp³-hybridized carbons (Fsp3) is 1.00. The van der Waals surface area contributed by atoms with Crippen LogP contribution in [0.25, 0.3) is 0 Å². The highest BCUT2D eigenvalue weighted by molar-refractivity contribution is 4.42. The van der Waals surface area contributed by atoms with E-state index in [0.29, 0.717) is 0 Å². The summed E-state index contributed by atoms with van der Waals surface area (Å²) in [6, 6.07) is 0. The van der Waals surface area contributed by atoms with Crippen LogP contribution in [-0.4, -0.2) is 56.4 Å². The van der Waals surface area contributed by atoms with Gasteiger partial charge in [-0.1, -0.05) is 0 Å². The van der Waals surface area contributed by atoms with Gasteiger partial charge in [-0.2, -0.15) is 0 Å². The molecule has 0 fully saturated rings. The SMILES string of the molecule is CON([O-])OCCN([O-])OCCON(C)[O-]. The minimum Gasteiger partial charge on any atom is -0.762 e. The van der Waals surface area contributed by atoms with Crippen molar-refractivity contribution in [1.29, 1.82) is 0 Å². The maximum atomic E-state index is 10.9. The van der Waals surface area contributed by atoms with Crippen LogP contribution in [0, 0.1) is 15.6 Å². The monoisotopic (exact) mass is 240 g/mol. The van der Waals surface area contributed by atoms with Crippen LogP contribution in [-0.2, 0) is 19.4 Å². The molecule has 0 radical (unpaired) electrons. The number of hydroxylamine groups is 4. The molecule has 0 aliphatic rings. The fourth-order valence-electron chi connectivity index (χ4n) is 0.612. The minimum atomic E-state index is -0.191. The van der Waals surface area contributed by atoms with E-state index in [2.05, 4.69) is 19.4 Å². The molecule has 10 nitrogen and oxygen atoms in total. The van der Waals surface area contributed by atoms with E-state index >= 15 is 0 Å². The number of hydrogen-bond acceptors (Lipinski definition) is 10. The minimum absolute atomic E-state index is 0.0502. The lowest BCUT2D eigenvalue weighted by molar-refractivity contribution is -0.326. The maximum Gasteiger partial charge on any atom is 0.0926 e. The summed E-state index contributed by atoms with van der Waals surface area (Å²) < 4.78 is 0. The molecule has 98 valence electrons. The van der Waals surface area contributed by atoms with Gasteiger partial charge in [0.05, 0.1) is 26.9 Å². The third-order valence-electron chi connectivity index (χ3n) is 1.21. The van der Waals surface area contributed by atoms with Gasteiger partial charge in [0, 0.05) is 6.54 Å². The van der Waals surface area contributed by atoms with E-state index in [9.17, 15) is 15.6 Å². The summed E-state index contributed by atoms with van der Waals surface area (Å²) in [5.74, 6) is 0. The van der Waals surface area contributed by atoms with E-state index < -0.39 is 0 Å².